The van der Waals surface area contributed by atoms with Crippen LogP contribution < -0.4 is 4.90 Å². The molecule has 0 saturated heterocycles. The molecule has 1 aromatic carbocycles. The first-order chi connectivity index (χ1) is 9.26. The van der Waals surface area contributed by atoms with Crippen LogP contribution in [0.15, 0.2) is 18.2 Å². The lowest BCUT2D eigenvalue weighted by molar-refractivity contribution is -0.118. The van der Waals surface area contributed by atoms with E-state index in [2.05, 4.69) is 41.1 Å². The number of carbonyl (C=O) groups excluding carboxylic acids is 1. The maximum Gasteiger partial charge on any atom is 0.226 e. The number of carbonyl (C=O) groups is 1. The first-order valence-electron chi connectivity index (χ1n) is 7.24. The maximum atomic E-state index is 12.2. The number of amides is 1. The summed E-state index contributed by atoms with van der Waals surface area (Å²) in [5.41, 5.74) is 3.85. The molecular weight excluding hydrogens is 302 g/mol. The van der Waals surface area contributed by atoms with Crippen LogP contribution in [0.3, 0.4) is 0 Å². The molecule has 3 heteroatoms. The Kier molecular flexibility index (Phi) is 5.44. The van der Waals surface area contributed by atoms with Crippen molar-refractivity contribution in [1.29, 1.82) is 0 Å². The number of benzene rings is 1. The van der Waals surface area contributed by atoms with E-state index in [9.17, 15) is 4.79 Å². The Morgan fingerprint density at radius 2 is 2.26 bits per heavy atom. The van der Waals surface area contributed by atoms with Crippen molar-refractivity contribution in [3.63, 3.8) is 0 Å². The third kappa shape index (κ3) is 3.59. The van der Waals surface area contributed by atoms with Gasteiger partial charge in [-0.2, -0.15) is 0 Å². The second kappa shape index (κ2) is 7.09. The molecule has 2 rings (SSSR count). The Labute approximate surface area is 124 Å². The Morgan fingerprint density at radius 1 is 1.42 bits per heavy atom. The van der Waals surface area contributed by atoms with Crippen molar-refractivity contribution < 1.29 is 4.79 Å². The molecule has 19 heavy (non-hydrogen) atoms. The van der Waals surface area contributed by atoms with Gasteiger partial charge in [0.05, 0.1) is 0 Å². The van der Waals surface area contributed by atoms with Crippen molar-refractivity contribution >= 4 is 27.5 Å². The van der Waals surface area contributed by atoms with Gasteiger partial charge in [-0.25, -0.2) is 0 Å². The molecule has 0 fully saturated rings. The lowest BCUT2D eigenvalue weighted by Crippen LogP contribution is -2.35. The van der Waals surface area contributed by atoms with Gasteiger partial charge in [-0.3, -0.25) is 4.79 Å². The van der Waals surface area contributed by atoms with Crippen molar-refractivity contribution in [2.45, 2.75) is 45.4 Å². The van der Waals surface area contributed by atoms with Gasteiger partial charge in [-0.1, -0.05) is 41.4 Å². The highest BCUT2D eigenvalue weighted by molar-refractivity contribution is 9.09. The maximum absolute atomic E-state index is 12.2. The third-order valence-corrected chi connectivity index (χ3v) is 4.09. The van der Waals surface area contributed by atoms with Crippen LogP contribution in [0.25, 0.3) is 0 Å². The zero-order valence-electron chi connectivity index (χ0n) is 11.6. The van der Waals surface area contributed by atoms with Gasteiger partial charge >= 0.3 is 0 Å². The van der Waals surface area contributed by atoms with Crippen molar-refractivity contribution in [2.24, 2.45) is 0 Å². The summed E-state index contributed by atoms with van der Waals surface area (Å²) in [4.78, 5) is 14.2. The van der Waals surface area contributed by atoms with Gasteiger partial charge in [-0.05, 0) is 42.9 Å². The minimum Gasteiger partial charge on any atom is -0.312 e. The van der Waals surface area contributed by atoms with Gasteiger partial charge in [0.2, 0.25) is 5.91 Å². The average molecular weight is 324 g/mol. The predicted octanol–water partition coefficient (Wildman–Crippen LogP) is 4.09. The van der Waals surface area contributed by atoms with Gasteiger partial charge in [0, 0.05) is 24.0 Å². The summed E-state index contributed by atoms with van der Waals surface area (Å²) in [6.45, 7) is 3.01. The topological polar surface area (TPSA) is 20.3 Å². The molecule has 104 valence electrons. The number of unbranched alkanes of at least 4 members (excludes halogenated alkanes) is 1. The highest BCUT2D eigenvalue weighted by Crippen LogP contribution is 2.29. The van der Waals surface area contributed by atoms with Crippen LogP contribution in [0, 0.1) is 0 Å². The molecule has 0 saturated carbocycles. The lowest BCUT2D eigenvalue weighted by atomic mass is 9.98. The summed E-state index contributed by atoms with van der Waals surface area (Å²) >= 11 is 3.48. The minimum atomic E-state index is 0.288. The molecule has 0 spiro atoms. The molecule has 1 aliphatic rings. The van der Waals surface area contributed by atoms with Gasteiger partial charge in [0.15, 0.2) is 0 Å². The van der Waals surface area contributed by atoms with Crippen molar-refractivity contribution in [2.75, 3.05) is 16.8 Å². The molecule has 2 nitrogen and oxygen atoms in total. The number of nitrogens with zero attached hydrogens (tertiary/aromatic N) is 1. The van der Waals surface area contributed by atoms with Gasteiger partial charge in [0.25, 0.3) is 0 Å². The summed E-state index contributed by atoms with van der Waals surface area (Å²) in [7, 11) is 0. The fourth-order valence-corrected chi connectivity index (χ4v) is 3.09. The quantitative estimate of drug-likeness (QED) is 0.747. The molecule has 0 atom stereocenters. The summed E-state index contributed by atoms with van der Waals surface area (Å²) < 4.78 is 0. The van der Waals surface area contributed by atoms with E-state index in [4.69, 9.17) is 0 Å². The molecule has 1 aromatic rings. The standard InChI is InChI=1S/C16H22BrNO/c1-2-3-6-16(19)18-11-4-5-14-12-13(9-10-17)7-8-15(14)18/h7-8,12H,2-6,9-11H2,1H3. The number of aryl methyl sites for hydroxylation is 2. The molecule has 0 radical (unpaired) electrons. The van der Waals surface area contributed by atoms with Crippen LogP contribution >= 0.6 is 15.9 Å². The molecule has 0 unspecified atom stereocenters. The number of anilines is 1. The van der Waals surface area contributed by atoms with E-state index in [-0.39, 0.29) is 5.91 Å². The molecule has 1 aliphatic heterocycles. The van der Waals surface area contributed by atoms with E-state index in [0.29, 0.717) is 6.42 Å². The third-order valence-electron chi connectivity index (χ3n) is 3.69. The molecule has 0 N–H and O–H groups in total. The fraction of sp³-hybridized carbons (Fsp3) is 0.562. The van der Waals surface area contributed by atoms with Gasteiger partial charge < -0.3 is 4.90 Å². The SMILES string of the molecule is CCCCC(=O)N1CCCc2cc(CCBr)ccc21. The van der Waals surface area contributed by atoms with Crippen LogP contribution in [0.1, 0.15) is 43.7 Å². The summed E-state index contributed by atoms with van der Waals surface area (Å²) in [5, 5.41) is 0.991. The molecular formula is C16H22BrNO. The van der Waals surface area contributed by atoms with E-state index in [1.54, 1.807) is 0 Å². The molecule has 1 amide bonds. The Morgan fingerprint density at radius 3 is 3.00 bits per heavy atom. The van der Waals surface area contributed by atoms with E-state index < -0.39 is 0 Å². The van der Waals surface area contributed by atoms with E-state index in [0.717, 1.165) is 49.7 Å². The Hall–Kier alpha value is -0.830. The number of hydrogen-bond donors (Lipinski definition) is 0. The number of fused-ring (bicyclic) bond motifs is 1. The fourth-order valence-electron chi connectivity index (χ4n) is 2.64. The van der Waals surface area contributed by atoms with Crippen molar-refractivity contribution in [1.82, 2.24) is 0 Å². The first-order valence-corrected chi connectivity index (χ1v) is 8.36. The number of alkyl halides is 1. The zero-order valence-corrected chi connectivity index (χ0v) is 13.2. The van der Waals surface area contributed by atoms with Crippen molar-refractivity contribution in [3.05, 3.63) is 29.3 Å². The minimum absolute atomic E-state index is 0.288. The second-order valence-electron chi connectivity index (χ2n) is 5.15. The summed E-state index contributed by atoms with van der Waals surface area (Å²) in [5.74, 6) is 0.288. The largest absolute Gasteiger partial charge is 0.312 e. The van der Waals surface area contributed by atoms with Crippen LogP contribution in [-0.2, 0) is 17.6 Å². The molecule has 0 aromatic heterocycles. The number of hydrogen-bond acceptors (Lipinski definition) is 1. The van der Waals surface area contributed by atoms with Crippen LogP contribution in [0.5, 0.6) is 0 Å². The second-order valence-corrected chi connectivity index (χ2v) is 5.95. The molecule has 0 aliphatic carbocycles. The monoisotopic (exact) mass is 323 g/mol. The summed E-state index contributed by atoms with van der Waals surface area (Å²) in [6, 6.07) is 6.57. The average Bonchev–Trinajstić information content (AvgIpc) is 2.44. The van der Waals surface area contributed by atoms with E-state index in [1.807, 2.05) is 4.90 Å². The van der Waals surface area contributed by atoms with Crippen molar-refractivity contribution in [3.8, 4) is 0 Å². The zero-order chi connectivity index (χ0) is 13.7. The van der Waals surface area contributed by atoms with Crippen LogP contribution in [0.2, 0.25) is 0 Å². The number of rotatable bonds is 5. The number of halogens is 1. The Bertz CT molecular complexity index is 444. The Balaban J connectivity index is 2.17. The van der Waals surface area contributed by atoms with Gasteiger partial charge in [0.1, 0.15) is 0 Å². The molecule has 1 heterocycles. The van der Waals surface area contributed by atoms with Gasteiger partial charge in [-0.15, -0.1) is 0 Å². The lowest BCUT2D eigenvalue weighted by Gasteiger charge is -2.30. The predicted molar refractivity (Wildman–Crippen MR) is 84.1 cm³/mol. The highest BCUT2D eigenvalue weighted by Gasteiger charge is 2.21. The van der Waals surface area contributed by atoms with E-state index in [1.165, 1.54) is 11.1 Å². The normalized spacial score (nSPS) is 14.3. The smallest absolute Gasteiger partial charge is 0.226 e. The first kappa shape index (κ1) is 14.6. The van der Waals surface area contributed by atoms with E-state index >= 15 is 0 Å². The molecule has 0 bridgehead atoms. The highest BCUT2D eigenvalue weighted by atomic mass is 79.9. The van der Waals surface area contributed by atoms with Crippen LogP contribution in [-0.4, -0.2) is 17.8 Å². The summed E-state index contributed by atoms with van der Waals surface area (Å²) in [6.07, 6.45) is 5.99. The van der Waals surface area contributed by atoms with Crippen LogP contribution in [0.4, 0.5) is 5.69 Å².